The van der Waals surface area contributed by atoms with E-state index in [0.717, 1.165) is 0 Å². The van der Waals surface area contributed by atoms with Crippen LogP contribution < -0.4 is 15.3 Å². The molecular weight excluding hydrogens is 534 g/mol. The zero-order valence-corrected chi connectivity index (χ0v) is 22.2. The Morgan fingerprint density at radius 1 is 1.38 bits per heavy atom. The first-order valence-corrected chi connectivity index (χ1v) is 13.6. The van der Waals surface area contributed by atoms with Crippen LogP contribution in [0.15, 0.2) is 53.8 Å². The number of rotatable bonds is 12. The third-order valence-electron chi connectivity index (χ3n) is 6.12. The number of aromatic nitrogens is 3. The highest BCUT2D eigenvalue weighted by Gasteiger charge is 2.58. The van der Waals surface area contributed by atoms with Crippen molar-refractivity contribution in [3.63, 3.8) is 0 Å². The van der Waals surface area contributed by atoms with Crippen LogP contribution in [0, 0.1) is 0 Å². The molecule has 6 atom stereocenters. The average molecular weight is 565 g/mol. The normalized spacial score (nSPS) is 25.2. The molecule has 39 heavy (non-hydrogen) atoms. The lowest BCUT2D eigenvalue weighted by Crippen LogP contribution is -2.41. The molecule has 13 nitrogen and oxygen atoms in total. The number of halogens is 1. The molecule has 1 aliphatic heterocycles. The molecule has 0 aliphatic carbocycles. The van der Waals surface area contributed by atoms with Gasteiger partial charge in [0.15, 0.2) is 17.6 Å². The molecule has 1 unspecified atom stereocenters. The summed E-state index contributed by atoms with van der Waals surface area (Å²) < 4.78 is 53.1. The minimum atomic E-state index is -4.28. The van der Waals surface area contributed by atoms with Crippen LogP contribution in [-0.2, 0) is 29.0 Å². The van der Waals surface area contributed by atoms with Crippen LogP contribution in [0.1, 0.15) is 19.5 Å². The number of fused-ring (bicyclic) bond motifs is 1. The fourth-order valence-electron chi connectivity index (χ4n) is 4.29. The predicted molar refractivity (Wildman–Crippen MR) is 139 cm³/mol. The maximum atomic E-state index is 15.8. The Morgan fingerprint density at radius 3 is 2.82 bits per heavy atom. The second-order valence-electron chi connectivity index (χ2n) is 8.78. The molecule has 0 spiro atoms. The molecule has 15 heteroatoms. The SMILES string of the molecule is C=NC[C@@]1(c2ccc3c(N)ncnn23)O[C@H](COP(=O)(N[C@@H](C)C(=O)OCC)Oc2ccccc2)[C@@H](O)[C@H]1F. The van der Waals surface area contributed by atoms with Gasteiger partial charge >= 0.3 is 13.7 Å². The summed E-state index contributed by atoms with van der Waals surface area (Å²) in [5.41, 5.74) is 4.71. The van der Waals surface area contributed by atoms with Crippen LogP contribution in [0.25, 0.3) is 5.52 Å². The van der Waals surface area contributed by atoms with Gasteiger partial charge in [-0.3, -0.25) is 14.3 Å². The van der Waals surface area contributed by atoms with Gasteiger partial charge in [-0.1, -0.05) is 18.2 Å². The van der Waals surface area contributed by atoms with Crippen LogP contribution >= 0.6 is 7.75 Å². The summed E-state index contributed by atoms with van der Waals surface area (Å²) in [6.07, 6.45) is -3.84. The summed E-state index contributed by atoms with van der Waals surface area (Å²) in [5.74, 6) is -0.341. The van der Waals surface area contributed by atoms with Gasteiger partial charge in [-0.05, 0) is 44.8 Å². The lowest BCUT2D eigenvalue weighted by Gasteiger charge is -2.29. The van der Waals surface area contributed by atoms with Crippen molar-refractivity contribution in [2.45, 2.75) is 43.9 Å². The number of hydrogen-bond acceptors (Lipinski definition) is 11. The third kappa shape index (κ3) is 5.80. The van der Waals surface area contributed by atoms with Crippen LogP contribution in [-0.4, -0.2) is 76.6 Å². The van der Waals surface area contributed by atoms with E-state index >= 15 is 4.39 Å². The van der Waals surface area contributed by atoms with Gasteiger partial charge in [0.1, 0.15) is 35.8 Å². The smallest absolute Gasteiger partial charge is 0.459 e. The maximum Gasteiger partial charge on any atom is 0.459 e. The summed E-state index contributed by atoms with van der Waals surface area (Å²) in [5, 5.41) is 17.5. The van der Waals surface area contributed by atoms with Crippen LogP contribution in [0.3, 0.4) is 0 Å². The molecular formula is C24H30FN6O7P. The highest BCUT2D eigenvalue weighted by Crippen LogP contribution is 2.48. The number of aliphatic imine (C=N–C) groups is 1. The fourth-order valence-corrected chi connectivity index (χ4v) is 5.79. The number of aliphatic hydroxyl groups excluding tert-OH is 1. The first kappa shape index (κ1) is 28.6. The molecule has 0 saturated carbocycles. The molecule has 210 valence electrons. The van der Waals surface area contributed by atoms with Crippen molar-refractivity contribution in [3.05, 3.63) is 54.5 Å². The van der Waals surface area contributed by atoms with Gasteiger partial charge in [-0.25, -0.2) is 18.5 Å². The average Bonchev–Trinajstić information content (AvgIpc) is 3.45. The minimum absolute atomic E-state index is 0.111. The maximum absolute atomic E-state index is 15.8. The summed E-state index contributed by atoms with van der Waals surface area (Å²) in [7, 11) is -4.28. The Kier molecular flexibility index (Phi) is 8.62. The minimum Gasteiger partial charge on any atom is -0.465 e. The molecule has 0 radical (unpaired) electrons. The first-order chi connectivity index (χ1) is 18.6. The van der Waals surface area contributed by atoms with Crippen molar-refractivity contribution in [1.29, 1.82) is 0 Å². The van der Waals surface area contributed by atoms with Gasteiger partial charge in [0.2, 0.25) is 0 Å². The fraction of sp³-hybridized carbons (Fsp3) is 0.417. The van der Waals surface area contributed by atoms with Crippen LogP contribution in [0.2, 0.25) is 0 Å². The van der Waals surface area contributed by atoms with E-state index in [1.54, 1.807) is 37.3 Å². The van der Waals surface area contributed by atoms with Crippen molar-refractivity contribution in [2.75, 3.05) is 25.5 Å². The number of benzene rings is 1. The summed E-state index contributed by atoms with van der Waals surface area (Å²) in [6, 6.07) is 10.2. The van der Waals surface area contributed by atoms with Gasteiger partial charge in [-0.2, -0.15) is 10.2 Å². The number of alkyl halides is 1. The molecule has 0 bridgehead atoms. The standard InChI is InChI=1S/C24H30FN6O7P/c1-4-35-23(33)15(2)30-39(34,38-16-8-6-5-7-9-16)36-12-18-20(32)21(25)24(37-18,13-27-3)19-11-10-17-22(26)28-14-29-31(17)19/h5-11,14-15,18,20-21,32H,3-4,12-13H2,1-2H3,(H,30,34)(H2,26,28,29)/t15-,18+,20+,21+,24-,39?/m0/s1. The lowest BCUT2D eigenvalue weighted by atomic mass is 9.92. The summed E-state index contributed by atoms with van der Waals surface area (Å²) >= 11 is 0. The first-order valence-electron chi connectivity index (χ1n) is 12.1. The van der Waals surface area contributed by atoms with E-state index in [1.807, 2.05) is 0 Å². The predicted octanol–water partition coefficient (Wildman–Crippen LogP) is 2.05. The van der Waals surface area contributed by atoms with Crippen molar-refractivity contribution in [1.82, 2.24) is 19.7 Å². The van der Waals surface area contributed by atoms with Gasteiger partial charge < -0.3 is 24.8 Å². The Balaban J connectivity index is 1.60. The monoisotopic (exact) mass is 564 g/mol. The van der Waals surface area contributed by atoms with E-state index in [-0.39, 0.29) is 30.4 Å². The largest absolute Gasteiger partial charge is 0.465 e. The molecule has 1 aliphatic rings. The number of hydrogen-bond donors (Lipinski definition) is 3. The molecule has 4 N–H and O–H groups in total. The molecule has 4 rings (SSSR count). The van der Waals surface area contributed by atoms with E-state index in [2.05, 4.69) is 26.9 Å². The third-order valence-corrected chi connectivity index (χ3v) is 7.76. The Morgan fingerprint density at radius 2 is 2.13 bits per heavy atom. The Labute approximate surface area is 223 Å². The number of ether oxygens (including phenoxy) is 2. The van der Waals surface area contributed by atoms with E-state index in [4.69, 9.17) is 24.3 Å². The van der Waals surface area contributed by atoms with Crippen molar-refractivity contribution < 1.29 is 37.4 Å². The lowest BCUT2D eigenvalue weighted by molar-refractivity contribution is -0.144. The van der Waals surface area contributed by atoms with E-state index in [0.29, 0.717) is 5.52 Å². The highest BCUT2D eigenvalue weighted by atomic mass is 31.2. The number of carbonyl (C=O) groups excluding carboxylic acids is 1. The zero-order valence-electron chi connectivity index (χ0n) is 21.3. The molecule has 0 amide bonds. The van der Waals surface area contributed by atoms with Crippen LogP contribution in [0.5, 0.6) is 5.75 Å². The number of nitrogens with two attached hydrogens (primary N) is 1. The summed E-state index contributed by atoms with van der Waals surface area (Å²) in [4.78, 5) is 19.9. The molecule has 2 aromatic heterocycles. The number of esters is 1. The molecule has 3 aromatic rings. The van der Waals surface area contributed by atoms with Gasteiger partial charge in [-0.15, -0.1) is 0 Å². The number of nitrogens with one attached hydrogen (secondary N) is 1. The highest BCUT2D eigenvalue weighted by molar-refractivity contribution is 7.52. The van der Waals surface area contributed by atoms with E-state index in [1.165, 1.54) is 29.9 Å². The number of nitrogens with zero attached hydrogens (tertiary/aromatic N) is 4. The Bertz CT molecular complexity index is 1360. The van der Waals surface area contributed by atoms with Crippen molar-refractivity contribution >= 4 is 31.8 Å². The van der Waals surface area contributed by atoms with Gasteiger partial charge in [0.25, 0.3) is 0 Å². The molecule has 1 saturated heterocycles. The summed E-state index contributed by atoms with van der Waals surface area (Å²) in [6.45, 7) is 5.77. The molecule has 3 heterocycles. The second kappa shape index (κ2) is 11.8. The number of nitrogen functional groups attached to an aromatic ring is 1. The zero-order chi connectivity index (χ0) is 28.2. The van der Waals surface area contributed by atoms with E-state index < -0.39 is 50.3 Å². The quantitative estimate of drug-likeness (QED) is 0.167. The number of aliphatic hydroxyl groups is 1. The number of anilines is 1. The van der Waals surface area contributed by atoms with Gasteiger partial charge in [0.05, 0.1) is 25.5 Å². The molecule has 1 fully saturated rings. The number of para-hydroxylation sites is 1. The topological polar surface area (TPSA) is 172 Å². The second-order valence-corrected chi connectivity index (χ2v) is 10.5. The Hall–Kier alpha value is -3.42. The van der Waals surface area contributed by atoms with Gasteiger partial charge in [0, 0.05) is 0 Å². The van der Waals surface area contributed by atoms with Crippen LogP contribution in [0.4, 0.5) is 10.2 Å². The van der Waals surface area contributed by atoms with Crippen molar-refractivity contribution in [3.8, 4) is 5.75 Å². The van der Waals surface area contributed by atoms with E-state index in [9.17, 15) is 14.5 Å². The molecule has 1 aromatic carbocycles. The number of carbonyl (C=O) groups is 1. The van der Waals surface area contributed by atoms with Crippen molar-refractivity contribution in [2.24, 2.45) is 4.99 Å².